The molecule has 0 bridgehead atoms. The molecule has 0 spiro atoms. The van der Waals surface area contributed by atoms with E-state index >= 15 is 0 Å². The van der Waals surface area contributed by atoms with Crippen LogP contribution in [-0.4, -0.2) is 9.97 Å². The summed E-state index contributed by atoms with van der Waals surface area (Å²) in [5, 5.41) is 7.84. The maximum Gasteiger partial charge on any atom is 0.0739 e. The van der Waals surface area contributed by atoms with Gasteiger partial charge in [0.25, 0.3) is 0 Å². The van der Waals surface area contributed by atoms with E-state index in [9.17, 15) is 0 Å². The Balaban J connectivity index is 2.65. The first-order valence-electron chi connectivity index (χ1n) is 4.00. The van der Waals surface area contributed by atoms with E-state index in [2.05, 4.69) is 20.7 Å². The minimum Gasteiger partial charge on any atom is -0.264 e. The van der Waals surface area contributed by atoms with Crippen LogP contribution in [0, 0.1) is 0 Å². The third-order valence-corrected chi connectivity index (χ3v) is 2.88. The highest BCUT2D eigenvalue weighted by Crippen LogP contribution is 2.25. The molecule has 0 aliphatic carbocycles. The first-order chi connectivity index (χ1) is 6.45. The van der Waals surface area contributed by atoms with Gasteiger partial charge in [-0.05, 0) is 11.4 Å². The second kappa shape index (κ2) is 2.50. The fourth-order valence-corrected chi connectivity index (χ4v) is 2.27. The summed E-state index contributed by atoms with van der Waals surface area (Å²) in [7, 11) is 0. The van der Waals surface area contributed by atoms with Crippen molar-refractivity contribution in [3.05, 3.63) is 35.4 Å². The second-order valence-electron chi connectivity index (χ2n) is 2.89. The van der Waals surface area contributed by atoms with Crippen LogP contribution in [0.4, 0.5) is 0 Å². The average molecular weight is 186 g/mol. The number of hydrogen-bond acceptors (Lipinski definition) is 3. The van der Waals surface area contributed by atoms with Crippen LogP contribution < -0.4 is 0 Å². The zero-order valence-corrected chi connectivity index (χ0v) is 7.58. The van der Waals surface area contributed by atoms with Crippen LogP contribution in [-0.2, 0) is 0 Å². The highest BCUT2D eigenvalue weighted by Gasteiger charge is 2.00. The molecule has 0 aliphatic heterocycles. The van der Waals surface area contributed by atoms with E-state index < -0.39 is 0 Å². The van der Waals surface area contributed by atoms with Crippen molar-refractivity contribution in [2.45, 2.75) is 0 Å². The second-order valence-corrected chi connectivity index (χ2v) is 3.64. The summed E-state index contributed by atoms with van der Waals surface area (Å²) in [5.41, 5.74) is 1.01. The monoisotopic (exact) mass is 186 g/mol. The SMILES string of the molecule is c1cc2ncc3cscc3c2cn1. The molecular weight excluding hydrogens is 180 g/mol. The maximum atomic E-state index is 4.35. The molecule has 0 atom stereocenters. The first-order valence-corrected chi connectivity index (χ1v) is 4.94. The van der Waals surface area contributed by atoms with Gasteiger partial charge in [-0.15, -0.1) is 0 Å². The normalized spacial score (nSPS) is 11.1. The molecule has 0 N–H and O–H groups in total. The van der Waals surface area contributed by atoms with E-state index in [4.69, 9.17) is 0 Å². The topological polar surface area (TPSA) is 25.8 Å². The highest BCUT2D eigenvalue weighted by atomic mass is 32.1. The largest absolute Gasteiger partial charge is 0.264 e. The molecule has 0 amide bonds. The molecule has 2 nitrogen and oxygen atoms in total. The number of pyridine rings is 2. The highest BCUT2D eigenvalue weighted by molar-refractivity contribution is 7.09. The lowest BCUT2D eigenvalue weighted by Gasteiger charge is -1.96. The Labute approximate surface area is 78.9 Å². The Hall–Kier alpha value is -1.48. The van der Waals surface area contributed by atoms with E-state index in [1.165, 1.54) is 10.8 Å². The van der Waals surface area contributed by atoms with Crippen LogP contribution in [0.3, 0.4) is 0 Å². The fourth-order valence-electron chi connectivity index (χ4n) is 1.47. The van der Waals surface area contributed by atoms with Gasteiger partial charge in [0.05, 0.1) is 5.52 Å². The van der Waals surface area contributed by atoms with Crippen molar-refractivity contribution in [2.75, 3.05) is 0 Å². The fraction of sp³-hybridized carbons (Fsp3) is 0. The lowest BCUT2D eigenvalue weighted by molar-refractivity contribution is 1.34. The van der Waals surface area contributed by atoms with Gasteiger partial charge >= 0.3 is 0 Å². The van der Waals surface area contributed by atoms with Gasteiger partial charge in [0, 0.05) is 40.1 Å². The molecular formula is C10H6N2S. The smallest absolute Gasteiger partial charge is 0.0739 e. The van der Waals surface area contributed by atoms with E-state index in [-0.39, 0.29) is 0 Å². The predicted molar refractivity (Wildman–Crippen MR) is 54.9 cm³/mol. The van der Waals surface area contributed by atoms with Crippen molar-refractivity contribution in [1.29, 1.82) is 0 Å². The molecule has 3 heterocycles. The Morgan fingerprint density at radius 3 is 3.08 bits per heavy atom. The van der Waals surface area contributed by atoms with Gasteiger partial charge in [-0.25, -0.2) is 0 Å². The maximum absolute atomic E-state index is 4.35. The summed E-state index contributed by atoms with van der Waals surface area (Å²) in [5.74, 6) is 0. The summed E-state index contributed by atoms with van der Waals surface area (Å²) >= 11 is 1.70. The van der Waals surface area contributed by atoms with Crippen molar-refractivity contribution in [1.82, 2.24) is 9.97 Å². The summed E-state index contributed by atoms with van der Waals surface area (Å²) in [6.07, 6.45) is 5.55. The van der Waals surface area contributed by atoms with Crippen molar-refractivity contribution in [3.63, 3.8) is 0 Å². The summed E-state index contributed by atoms with van der Waals surface area (Å²) < 4.78 is 0. The number of fused-ring (bicyclic) bond motifs is 3. The molecule has 3 aromatic heterocycles. The molecule has 0 saturated carbocycles. The van der Waals surface area contributed by atoms with Crippen molar-refractivity contribution in [3.8, 4) is 0 Å². The molecule has 62 valence electrons. The molecule has 3 aromatic rings. The number of nitrogens with zero attached hydrogens (tertiary/aromatic N) is 2. The van der Waals surface area contributed by atoms with E-state index in [0.29, 0.717) is 0 Å². The molecule has 3 rings (SSSR count). The van der Waals surface area contributed by atoms with E-state index in [0.717, 1.165) is 10.9 Å². The average Bonchev–Trinajstić information content (AvgIpc) is 2.65. The molecule has 0 aromatic carbocycles. The zero-order valence-electron chi connectivity index (χ0n) is 6.77. The predicted octanol–water partition coefficient (Wildman–Crippen LogP) is 2.84. The van der Waals surface area contributed by atoms with E-state index in [1.807, 2.05) is 18.5 Å². The lowest BCUT2D eigenvalue weighted by atomic mass is 10.2. The lowest BCUT2D eigenvalue weighted by Crippen LogP contribution is -1.79. The van der Waals surface area contributed by atoms with Gasteiger partial charge < -0.3 is 0 Å². The van der Waals surface area contributed by atoms with Crippen LogP contribution in [0.2, 0.25) is 0 Å². The summed E-state index contributed by atoms with van der Waals surface area (Å²) in [6.45, 7) is 0. The van der Waals surface area contributed by atoms with Crippen LogP contribution in [0.15, 0.2) is 35.4 Å². The quantitative estimate of drug-likeness (QED) is 0.539. The Morgan fingerprint density at radius 1 is 1.08 bits per heavy atom. The zero-order chi connectivity index (χ0) is 8.67. The standard InChI is InChI=1S/C10H6N2S/c1-2-11-4-8-9-6-13-5-7(9)3-12-10(1)8/h1-6H. The number of thiophene rings is 1. The van der Waals surface area contributed by atoms with Crippen LogP contribution in [0.1, 0.15) is 0 Å². The number of rotatable bonds is 0. The van der Waals surface area contributed by atoms with Gasteiger partial charge in [0.15, 0.2) is 0 Å². The molecule has 0 radical (unpaired) electrons. The van der Waals surface area contributed by atoms with Gasteiger partial charge in [0.2, 0.25) is 0 Å². The van der Waals surface area contributed by atoms with Gasteiger partial charge in [-0.3, -0.25) is 9.97 Å². The molecule has 0 aliphatic rings. The number of aromatic nitrogens is 2. The number of hydrogen-bond donors (Lipinski definition) is 0. The van der Waals surface area contributed by atoms with Gasteiger partial charge in [-0.2, -0.15) is 11.3 Å². The van der Waals surface area contributed by atoms with E-state index in [1.54, 1.807) is 17.5 Å². The van der Waals surface area contributed by atoms with Crippen molar-refractivity contribution >= 4 is 33.0 Å². The van der Waals surface area contributed by atoms with Crippen LogP contribution >= 0.6 is 11.3 Å². The molecule has 13 heavy (non-hydrogen) atoms. The first kappa shape index (κ1) is 6.97. The Morgan fingerprint density at radius 2 is 2.08 bits per heavy atom. The van der Waals surface area contributed by atoms with Crippen molar-refractivity contribution in [2.24, 2.45) is 0 Å². The summed E-state index contributed by atoms with van der Waals surface area (Å²) in [6, 6.07) is 1.94. The third-order valence-electron chi connectivity index (χ3n) is 2.12. The molecule has 0 fully saturated rings. The van der Waals surface area contributed by atoms with Gasteiger partial charge in [0.1, 0.15) is 0 Å². The van der Waals surface area contributed by atoms with Crippen molar-refractivity contribution < 1.29 is 0 Å². The minimum absolute atomic E-state index is 1.01. The van der Waals surface area contributed by atoms with Gasteiger partial charge in [-0.1, -0.05) is 0 Å². The Kier molecular flexibility index (Phi) is 1.34. The summed E-state index contributed by atoms with van der Waals surface area (Å²) in [4.78, 5) is 8.46. The minimum atomic E-state index is 1.01. The van der Waals surface area contributed by atoms with Crippen LogP contribution in [0.25, 0.3) is 21.7 Å². The van der Waals surface area contributed by atoms with Crippen LogP contribution in [0.5, 0.6) is 0 Å². The molecule has 0 unspecified atom stereocenters. The molecule has 0 saturated heterocycles. The molecule has 3 heteroatoms. The Bertz CT molecular complexity index is 571. The third kappa shape index (κ3) is 0.939.